The van der Waals surface area contributed by atoms with Crippen LogP contribution < -0.4 is 0 Å². The number of aliphatic hydroxyl groups is 1. The number of benzene rings is 2. The van der Waals surface area contributed by atoms with E-state index >= 15 is 0 Å². The summed E-state index contributed by atoms with van der Waals surface area (Å²) in [5.74, 6) is -2.35. The minimum absolute atomic E-state index is 0.0917. The van der Waals surface area contributed by atoms with Crippen LogP contribution in [0.15, 0.2) is 47.4 Å². The fraction of sp³-hybridized carbons (Fsp3) is 0.333. The van der Waals surface area contributed by atoms with Crippen LogP contribution in [0, 0.1) is 13.8 Å². The fourth-order valence-corrected chi connectivity index (χ4v) is 5.29. The summed E-state index contributed by atoms with van der Waals surface area (Å²) in [7, 11) is -4.43. The van der Waals surface area contributed by atoms with Crippen LogP contribution in [0.5, 0.6) is 0 Å². The third-order valence-corrected chi connectivity index (χ3v) is 6.99. The number of aryl methyl sites for hydroxylation is 2. The van der Waals surface area contributed by atoms with E-state index < -0.39 is 33.5 Å². The number of ether oxygens (including phenoxy) is 1. The number of carbonyl (C=O) groups is 2. The van der Waals surface area contributed by atoms with Gasteiger partial charge in [0.1, 0.15) is 0 Å². The molecule has 0 saturated heterocycles. The third-order valence-electron chi connectivity index (χ3n) is 5.03. The number of rotatable bonds is 4. The molecular weight excluding hydrogens is 394 g/mol. The first kappa shape index (κ1) is 21.2. The molecule has 154 valence electrons. The van der Waals surface area contributed by atoms with Gasteiger partial charge in [-0.3, -0.25) is 4.79 Å². The second-order valence-electron chi connectivity index (χ2n) is 7.10. The van der Waals surface area contributed by atoms with Gasteiger partial charge in [-0.15, -0.1) is 4.31 Å². The Balaban J connectivity index is 2.29. The van der Waals surface area contributed by atoms with Crippen molar-refractivity contribution in [2.45, 2.75) is 44.4 Å². The molecule has 1 N–H and O–H groups in total. The zero-order valence-corrected chi connectivity index (χ0v) is 17.5. The van der Waals surface area contributed by atoms with Gasteiger partial charge in [-0.2, -0.15) is 0 Å². The van der Waals surface area contributed by atoms with Crippen LogP contribution in [0.2, 0.25) is 0 Å². The van der Waals surface area contributed by atoms with Gasteiger partial charge in [0.05, 0.1) is 17.5 Å². The molecule has 0 radical (unpaired) electrons. The summed E-state index contributed by atoms with van der Waals surface area (Å²) in [6.45, 7) is 6.52. The van der Waals surface area contributed by atoms with E-state index in [4.69, 9.17) is 4.74 Å². The van der Waals surface area contributed by atoms with Crippen molar-refractivity contribution in [1.82, 2.24) is 4.31 Å². The lowest BCUT2D eigenvalue weighted by Crippen LogP contribution is -2.65. The zero-order chi connectivity index (χ0) is 21.6. The van der Waals surface area contributed by atoms with E-state index in [-0.39, 0.29) is 17.1 Å². The number of carbonyl (C=O) groups excluding carboxylic acids is 2. The predicted molar refractivity (Wildman–Crippen MR) is 106 cm³/mol. The lowest BCUT2D eigenvalue weighted by Gasteiger charge is -2.43. The van der Waals surface area contributed by atoms with E-state index in [1.165, 1.54) is 32.0 Å². The largest absolute Gasteiger partial charge is 0.462 e. The molecule has 8 heteroatoms. The van der Waals surface area contributed by atoms with Crippen molar-refractivity contribution >= 4 is 21.8 Å². The molecule has 0 saturated carbocycles. The van der Waals surface area contributed by atoms with Gasteiger partial charge < -0.3 is 9.84 Å². The van der Waals surface area contributed by atoms with Crippen molar-refractivity contribution in [3.63, 3.8) is 0 Å². The highest BCUT2D eigenvalue weighted by atomic mass is 32.2. The van der Waals surface area contributed by atoms with Crippen LogP contribution in [0.1, 0.15) is 46.9 Å². The van der Waals surface area contributed by atoms with Gasteiger partial charge in [0.25, 0.3) is 5.72 Å². The van der Waals surface area contributed by atoms with Crippen LogP contribution in [0.3, 0.4) is 0 Å². The summed E-state index contributed by atoms with van der Waals surface area (Å²) >= 11 is 0. The molecule has 2 atom stereocenters. The van der Waals surface area contributed by atoms with Crippen molar-refractivity contribution < 1.29 is 27.9 Å². The SMILES string of the molecule is CCOC(=O)C1(O)C(=O)c2ccc(C)cc2C(C)N1S(=O)(=O)c1ccc(C)cc1. The van der Waals surface area contributed by atoms with E-state index in [0.29, 0.717) is 9.87 Å². The summed E-state index contributed by atoms with van der Waals surface area (Å²) < 4.78 is 32.4. The van der Waals surface area contributed by atoms with Crippen molar-refractivity contribution in [1.29, 1.82) is 0 Å². The highest BCUT2D eigenvalue weighted by Crippen LogP contribution is 2.42. The molecule has 2 unspecified atom stereocenters. The Morgan fingerprint density at radius 2 is 1.72 bits per heavy atom. The Labute approximate surface area is 170 Å². The lowest BCUT2D eigenvalue weighted by atomic mass is 9.86. The number of fused-ring (bicyclic) bond motifs is 1. The smallest absolute Gasteiger partial charge is 0.363 e. The summed E-state index contributed by atoms with van der Waals surface area (Å²) in [6.07, 6.45) is 0. The predicted octanol–water partition coefficient (Wildman–Crippen LogP) is 2.50. The van der Waals surface area contributed by atoms with Crippen molar-refractivity contribution in [2.24, 2.45) is 0 Å². The van der Waals surface area contributed by atoms with E-state index in [1.54, 1.807) is 31.2 Å². The van der Waals surface area contributed by atoms with E-state index in [0.717, 1.165) is 11.1 Å². The second-order valence-corrected chi connectivity index (χ2v) is 8.92. The lowest BCUT2D eigenvalue weighted by molar-refractivity contribution is -0.173. The molecule has 0 amide bonds. The maximum Gasteiger partial charge on any atom is 0.363 e. The van der Waals surface area contributed by atoms with Gasteiger partial charge in [0.2, 0.25) is 15.8 Å². The molecule has 0 fully saturated rings. The van der Waals surface area contributed by atoms with Crippen molar-refractivity contribution in [2.75, 3.05) is 6.61 Å². The molecule has 29 heavy (non-hydrogen) atoms. The van der Waals surface area contributed by atoms with Crippen LogP contribution in [0.4, 0.5) is 0 Å². The Hall–Kier alpha value is -2.55. The Bertz CT molecular complexity index is 1080. The molecule has 0 bridgehead atoms. The third kappa shape index (κ3) is 3.27. The van der Waals surface area contributed by atoms with Crippen LogP contribution in [-0.2, 0) is 19.6 Å². The van der Waals surface area contributed by atoms with E-state index in [2.05, 4.69) is 0 Å². The first-order chi connectivity index (χ1) is 13.5. The monoisotopic (exact) mass is 417 g/mol. The molecular formula is C21H23NO6S. The minimum Gasteiger partial charge on any atom is -0.462 e. The van der Waals surface area contributed by atoms with Crippen LogP contribution in [-0.4, -0.2) is 41.9 Å². The number of hydrogen-bond acceptors (Lipinski definition) is 6. The molecule has 7 nitrogen and oxygen atoms in total. The Morgan fingerprint density at radius 1 is 1.14 bits per heavy atom. The van der Waals surface area contributed by atoms with Gasteiger partial charge in [-0.1, -0.05) is 41.5 Å². The first-order valence-corrected chi connectivity index (χ1v) is 10.6. The Morgan fingerprint density at radius 3 is 2.31 bits per heavy atom. The van der Waals surface area contributed by atoms with Gasteiger partial charge in [0.15, 0.2) is 0 Å². The molecule has 3 rings (SSSR count). The van der Waals surface area contributed by atoms with Gasteiger partial charge >= 0.3 is 5.97 Å². The summed E-state index contributed by atoms with van der Waals surface area (Å²) in [6, 6.07) is 9.81. The summed E-state index contributed by atoms with van der Waals surface area (Å²) in [5, 5.41) is 11.3. The van der Waals surface area contributed by atoms with Crippen molar-refractivity contribution in [3.05, 3.63) is 64.7 Å². The summed E-state index contributed by atoms with van der Waals surface area (Å²) in [4.78, 5) is 25.8. The normalized spacial score (nSPS) is 22.2. The molecule has 1 heterocycles. The standard InChI is InChI=1S/C21H23NO6S/c1-5-28-20(24)21(25)19(23)17-11-8-14(3)12-18(17)15(4)22(21)29(26,27)16-9-6-13(2)7-10-16/h6-12,15,25H,5H2,1-4H3. The van der Waals surface area contributed by atoms with Crippen LogP contribution >= 0.6 is 0 Å². The second kappa shape index (κ2) is 7.37. The quantitative estimate of drug-likeness (QED) is 0.606. The summed E-state index contributed by atoms with van der Waals surface area (Å²) in [5.41, 5.74) is -0.832. The molecule has 1 aliphatic rings. The maximum absolute atomic E-state index is 13.5. The maximum atomic E-state index is 13.5. The van der Waals surface area contributed by atoms with Gasteiger partial charge in [-0.25, -0.2) is 13.2 Å². The number of ketones is 1. The zero-order valence-electron chi connectivity index (χ0n) is 16.7. The number of esters is 1. The molecule has 0 aliphatic carbocycles. The average Bonchev–Trinajstić information content (AvgIpc) is 2.66. The number of Topliss-reactive ketones (excluding diaryl/α,β-unsaturated/α-hetero) is 1. The van der Waals surface area contributed by atoms with Gasteiger partial charge in [-0.05, 0) is 45.4 Å². The molecule has 1 aliphatic heterocycles. The number of sulfonamides is 1. The topological polar surface area (TPSA) is 101 Å². The number of nitrogens with zero attached hydrogens (tertiary/aromatic N) is 1. The molecule has 0 spiro atoms. The Kier molecular flexibility index (Phi) is 5.38. The molecule has 2 aromatic carbocycles. The average molecular weight is 417 g/mol. The highest BCUT2D eigenvalue weighted by molar-refractivity contribution is 7.89. The van der Waals surface area contributed by atoms with Crippen LogP contribution in [0.25, 0.3) is 0 Å². The highest BCUT2D eigenvalue weighted by Gasteiger charge is 2.61. The number of hydrogen-bond donors (Lipinski definition) is 1. The minimum atomic E-state index is -4.43. The van der Waals surface area contributed by atoms with E-state index in [9.17, 15) is 23.1 Å². The van der Waals surface area contributed by atoms with Crippen molar-refractivity contribution in [3.8, 4) is 0 Å². The first-order valence-electron chi connectivity index (χ1n) is 9.21. The molecule has 0 aromatic heterocycles. The molecule has 2 aromatic rings. The van der Waals surface area contributed by atoms with E-state index in [1.807, 2.05) is 6.92 Å². The fourth-order valence-electron chi connectivity index (χ4n) is 3.55. The van der Waals surface area contributed by atoms with Gasteiger partial charge in [0, 0.05) is 5.56 Å².